The molecule has 4 aromatic rings. The molecule has 0 aliphatic heterocycles. The second kappa shape index (κ2) is 11.2. The van der Waals surface area contributed by atoms with Crippen LogP contribution in [0.3, 0.4) is 0 Å². The van der Waals surface area contributed by atoms with Crippen molar-refractivity contribution < 1.29 is 19.0 Å². The molecule has 4 rings (SSSR count). The van der Waals surface area contributed by atoms with Crippen molar-refractivity contribution in [1.29, 1.82) is 0 Å². The lowest BCUT2D eigenvalue weighted by molar-refractivity contribution is 0.0954. The van der Waals surface area contributed by atoms with Crippen LogP contribution in [-0.4, -0.2) is 43.7 Å². The Morgan fingerprint density at radius 2 is 1.71 bits per heavy atom. The van der Waals surface area contributed by atoms with Crippen LogP contribution in [0.4, 0.5) is 0 Å². The number of methoxy groups -OCH3 is 3. The standard InChI is InChI=1S/C27H29N3O4S/c1-17-16-35-25(29-17)11-7-8-12-28-27(31)20-15-22(30-21-10-6-5-9-19(20)21)18-13-23(32-2)26(34-4)24(14-18)33-3/h5-6,9-10,13-16H,7-8,11-12H2,1-4H3,(H,28,31). The molecular weight excluding hydrogens is 462 g/mol. The van der Waals surface area contributed by atoms with Gasteiger partial charge in [-0.15, -0.1) is 11.3 Å². The van der Waals surface area contributed by atoms with Crippen LogP contribution >= 0.6 is 11.3 Å². The maximum absolute atomic E-state index is 13.2. The van der Waals surface area contributed by atoms with Gasteiger partial charge in [0.1, 0.15) is 0 Å². The van der Waals surface area contributed by atoms with E-state index in [1.807, 2.05) is 49.4 Å². The van der Waals surface area contributed by atoms with Gasteiger partial charge in [-0.1, -0.05) is 18.2 Å². The fourth-order valence-electron chi connectivity index (χ4n) is 3.96. The molecule has 2 aromatic carbocycles. The van der Waals surface area contributed by atoms with Crippen LogP contribution in [0.15, 0.2) is 47.8 Å². The Bertz CT molecular complexity index is 1310. The summed E-state index contributed by atoms with van der Waals surface area (Å²) in [7, 11) is 4.71. The Kier molecular flexibility index (Phi) is 7.82. The molecule has 0 aliphatic carbocycles. The normalized spacial score (nSPS) is 10.9. The second-order valence-corrected chi connectivity index (χ2v) is 9.02. The number of unbranched alkanes of at least 4 members (excludes halogenated alkanes) is 1. The maximum Gasteiger partial charge on any atom is 0.252 e. The second-order valence-electron chi connectivity index (χ2n) is 8.08. The largest absolute Gasteiger partial charge is 0.493 e. The number of benzene rings is 2. The first-order chi connectivity index (χ1) is 17.0. The number of nitrogens with zero attached hydrogens (tertiary/aromatic N) is 2. The van der Waals surface area contributed by atoms with Crippen LogP contribution < -0.4 is 19.5 Å². The van der Waals surface area contributed by atoms with Crippen molar-refractivity contribution in [2.75, 3.05) is 27.9 Å². The van der Waals surface area contributed by atoms with Gasteiger partial charge in [-0.05, 0) is 50.5 Å². The van der Waals surface area contributed by atoms with E-state index in [9.17, 15) is 4.79 Å². The number of aryl methyl sites for hydroxylation is 2. The van der Waals surface area contributed by atoms with Gasteiger partial charge in [0.15, 0.2) is 11.5 Å². The van der Waals surface area contributed by atoms with Gasteiger partial charge in [-0.25, -0.2) is 9.97 Å². The Balaban J connectivity index is 1.57. The smallest absolute Gasteiger partial charge is 0.252 e. The molecule has 0 atom stereocenters. The number of para-hydroxylation sites is 1. The molecule has 1 N–H and O–H groups in total. The molecule has 0 bridgehead atoms. The molecule has 8 heteroatoms. The quantitative estimate of drug-likeness (QED) is 0.297. The molecule has 1 amide bonds. The number of fused-ring (bicyclic) bond motifs is 1. The first kappa shape index (κ1) is 24.5. The minimum Gasteiger partial charge on any atom is -0.493 e. The molecule has 182 valence electrons. The van der Waals surface area contributed by atoms with Crippen LogP contribution in [-0.2, 0) is 6.42 Å². The average molecular weight is 492 g/mol. The van der Waals surface area contributed by atoms with Crippen molar-refractivity contribution in [3.8, 4) is 28.5 Å². The first-order valence-corrected chi connectivity index (χ1v) is 12.3. The third-order valence-corrected chi connectivity index (χ3v) is 6.72. The number of amides is 1. The van der Waals surface area contributed by atoms with E-state index in [2.05, 4.69) is 15.7 Å². The van der Waals surface area contributed by atoms with E-state index in [4.69, 9.17) is 19.2 Å². The highest BCUT2D eigenvalue weighted by Gasteiger charge is 2.18. The summed E-state index contributed by atoms with van der Waals surface area (Å²) >= 11 is 1.69. The third kappa shape index (κ3) is 5.54. The van der Waals surface area contributed by atoms with Gasteiger partial charge in [0, 0.05) is 28.6 Å². The maximum atomic E-state index is 13.2. The fraction of sp³-hybridized carbons (Fsp3) is 0.296. The van der Waals surface area contributed by atoms with Crippen LogP contribution in [0.5, 0.6) is 17.2 Å². The summed E-state index contributed by atoms with van der Waals surface area (Å²) in [5.41, 5.74) is 3.79. The minimum atomic E-state index is -0.123. The third-order valence-electron chi connectivity index (χ3n) is 5.69. The van der Waals surface area contributed by atoms with Gasteiger partial charge in [-0.3, -0.25) is 4.79 Å². The molecule has 0 saturated heterocycles. The summed E-state index contributed by atoms with van der Waals surface area (Å²) < 4.78 is 16.4. The van der Waals surface area contributed by atoms with Crippen molar-refractivity contribution in [3.05, 3.63) is 64.1 Å². The van der Waals surface area contributed by atoms with Gasteiger partial charge in [0.2, 0.25) is 5.75 Å². The summed E-state index contributed by atoms with van der Waals surface area (Å²) in [5, 5.41) is 7.09. The van der Waals surface area contributed by atoms with Crippen molar-refractivity contribution in [1.82, 2.24) is 15.3 Å². The summed E-state index contributed by atoms with van der Waals surface area (Å²) in [4.78, 5) is 22.5. The van der Waals surface area contributed by atoms with E-state index in [1.165, 1.54) is 0 Å². The fourth-order valence-corrected chi connectivity index (χ4v) is 4.77. The number of pyridine rings is 1. The lowest BCUT2D eigenvalue weighted by Gasteiger charge is -2.15. The van der Waals surface area contributed by atoms with Crippen molar-refractivity contribution in [3.63, 3.8) is 0 Å². The van der Waals surface area contributed by atoms with Crippen LogP contribution in [0.1, 0.15) is 33.9 Å². The van der Waals surface area contributed by atoms with Crippen molar-refractivity contribution >= 4 is 28.1 Å². The van der Waals surface area contributed by atoms with E-state index < -0.39 is 0 Å². The zero-order valence-electron chi connectivity index (χ0n) is 20.4. The predicted octanol–water partition coefficient (Wildman–Crippen LogP) is 5.45. The number of carbonyl (C=O) groups excluding carboxylic acids is 1. The monoisotopic (exact) mass is 491 g/mol. The van der Waals surface area contributed by atoms with Gasteiger partial charge >= 0.3 is 0 Å². The molecule has 35 heavy (non-hydrogen) atoms. The first-order valence-electron chi connectivity index (χ1n) is 11.4. The number of aromatic nitrogens is 2. The molecule has 7 nitrogen and oxygen atoms in total. The van der Waals surface area contributed by atoms with Gasteiger partial charge in [0.25, 0.3) is 5.91 Å². The topological polar surface area (TPSA) is 82.6 Å². The average Bonchev–Trinajstić information content (AvgIpc) is 3.31. The van der Waals surface area contributed by atoms with E-state index in [0.717, 1.165) is 46.4 Å². The number of ether oxygens (including phenoxy) is 3. The van der Waals surface area contributed by atoms with E-state index >= 15 is 0 Å². The molecule has 2 heterocycles. The molecule has 0 aliphatic rings. The summed E-state index contributed by atoms with van der Waals surface area (Å²) in [6.07, 6.45) is 2.78. The zero-order chi connectivity index (χ0) is 24.8. The highest BCUT2D eigenvalue weighted by molar-refractivity contribution is 7.09. The van der Waals surface area contributed by atoms with Gasteiger partial charge in [-0.2, -0.15) is 0 Å². The highest BCUT2D eigenvalue weighted by atomic mass is 32.1. The van der Waals surface area contributed by atoms with Crippen molar-refractivity contribution in [2.24, 2.45) is 0 Å². The van der Waals surface area contributed by atoms with E-state index in [-0.39, 0.29) is 5.91 Å². The summed E-state index contributed by atoms with van der Waals surface area (Å²) in [6, 6.07) is 13.1. The number of rotatable bonds is 10. The Morgan fingerprint density at radius 3 is 2.37 bits per heavy atom. The SMILES string of the molecule is COc1cc(-c2cc(C(=O)NCCCCc3nc(C)cs3)c3ccccc3n2)cc(OC)c1OC. The molecule has 0 spiro atoms. The number of nitrogens with one attached hydrogen (secondary N) is 1. The van der Waals surface area contributed by atoms with Crippen LogP contribution in [0, 0.1) is 6.92 Å². The summed E-state index contributed by atoms with van der Waals surface area (Å²) in [5.74, 6) is 1.43. The Morgan fingerprint density at radius 1 is 0.971 bits per heavy atom. The van der Waals surface area contributed by atoms with Crippen molar-refractivity contribution in [2.45, 2.75) is 26.2 Å². The number of thiazole rings is 1. The number of hydrogen-bond donors (Lipinski definition) is 1. The van der Waals surface area contributed by atoms with Gasteiger partial charge < -0.3 is 19.5 Å². The highest BCUT2D eigenvalue weighted by Crippen LogP contribution is 2.41. The molecule has 0 saturated carbocycles. The molecule has 0 fully saturated rings. The Hall–Kier alpha value is -3.65. The molecule has 2 aromatic heterocycles. The lowest BCUT2D eigenvalue weighted by Crippen LogP contribution is -2.25. The molecule has 0 radical (unpaired) electrons. The van der Waals surface area contributed by atoms with Crippen LogP contribution in [0.25, 0.3) is 22.2 Å². The number of hydrogen-bond acceptors (Lipinski definition) is 7. The van der Waals surface area contributed by atoms with E-state index in [1.54, 1.807) is 32.7 Å². The number of carbonyl (C=O) groups is 1. The zero-order valence-corrected chi connectivity index (χ0v) is 21.2. The van der Waals surface area contributed by atoms with Gasteiger partial charge in [0.05, 0.1) is 43.1 Å². The Labute approximate surface area is 209 Å². The minimum absolute atomic E-state index is 0.123. The predicted molar refractivity (Wildman–Crippen MR) is 139 cm³/mol. The van der Waals surface area contributed by atoms with Crippen LogP contribution in [0.2, 0.25) is 0 Å². The molecule has 0 unspecified atom stereocenters. The summed E-state index contributed by atoms with van der Waals surface area (Å²) in [6.45, 7) is 2.60. The molecular formula is C27H29N3O4S. The lowest BCUT2D eigenvalue weighted by atomic mass is 10.0. The van der Waals surface area contributed by atoms with E-state index in [0.29, 0.717) is 35.1 Å².